The Morgan fingerprint density at radius 2 is 2.25 bits per heavy atom. The van der Waals surface area contributed by atoms with Crippen molar-refractivity contribution in [2.75, 3.05) is 31.8 Å². The summed E-state index contributed by atoms with van der Waals surface area (Å²) in [6, 6.07) is -0.293. The van der Waals surface area contributed by atoms with Crippen LogP contribution in [0.15, 0.2) is 0 Å². The number of carbonyl (C=O) groups is 1. The minimum atomic E-state index is -0.680. The van der Waals surface area contributed by atoms with Crippen molar-refractivity contribution in [3.63, 3.8) is 0 Å². The van der Waals surface area contributed by atoms with E-state index < -0.39 is 6.10 Å². The second-order valence-electron chi connectivity index (χ2n) is 3.29. The van der Waals surface area contributed by atoms with Crippen molar-refractivity contribution in [3.8, 4) is 0 Å². The molecule has 0 amide bonds. The average molecular weight is 251 g/mol. The van der Waals surface area contributed by atoms with E-state index in [0.29, 0.717) is 18.8 Å². The monoisotopic (exact) mass is 251 g/mol. The van der Waals surface area contributed by atoms with Crippen LogP contribution in [0.5, 0.6) is 0 Å². The molecule has 0 aliphatic heterocycles. The quantitative estimate of drug-likeness (QED) is 0.383. The summed E-state index contributed by atoms with van der Waals surface area (Å²) in [5.41, 5.74) is 0. The van der Waals surface area contributed by atoms with Gasteiger partial charge in [-0.05, 0) is 26.1 Å². The largest absolute Gasteiger partial charge is 0.465 e. The lowest BCUT2D eigenvalue weighted by atomic mass is 10.2. The van der Waals surface area contributed by atoms with Crippen LogP contribution in [0.1, 0.15) is 13.3 Å². The van der Waals surface area contributed by atoms with Gasteiger partial charge in [-0.25, -0.2) is 0 Å². The first kappa shape index (κ1) is 15.7. The summed E-state index contributed by atoms with van der Waals surface area (Å²) in [7, 11) is 1.72. The number of nitrogens with one attached hydrogen (secondary N) is 1. The molecule has 5 nitrogen and oxygen atoms in total. The molecule has 0 rings (SSSR count). The molecule has 2 unspecified atom stereocenters. The standard InChI is InChI=1S/C10H21NO4S/c1-3-15-10(14)9(11-2)4-5-16-7-8(13)6-12/h8-9,11-13H,3-7H2,1-2H3. The van der Waals surface area contributed by atoms with E-state index >= 15 is 0 Å². The van der Waals surface area contributed by atoms with Gasteiger partial charge in [0.05, 0.1) is 19.3 Å². The lowest BCUT2D eigenvalue weighted by molar-refractivity contribution is -0.145. The summed E-state index contributed by atoms with van der Waals surface area (Å²) in [4.78, 5) is 11.4. The predicted molar refractivity (Wildman–Crippen MR) is 64.5 cm³/mol. The third-order valence-electron chi connectivity index (χ3n) is 1.99. The third-order valence-corrected chi connectivity index (χ3v) is 3.14. The minimum absolute atomic E-state index is 0.222. The minimum Gasteiger partial charge on any atom is -0.465 e. The number of esters is 1. The maximum Gasteiger partial charge on any atom is 0.323 e. The molecule has 0 aromatic carbocycles. The van der Waals surface area contributed by atoms with Crippen molar-refractivity contribution in [2.24, 2.45) is 0 Å². The Morgan fingerprint density at radius 1 is 1.56 bits per heavy atom. The molecule has 2 atom stereocenters. The lowest BCUT2D eigenvalue weighted by Gasteiger charge is -2.14. The normalized spacial score (nSPS) is 14.5. The molecule has 0 heterocycles. The molecule has 0 aromatic heterocycles. The zero-order valence-corrected chi connectivity index (χ0v) is 10.6. The number of thioether (sulfide) groups is 1. The third kappa shape index (κ3) is 7.05. The molecule has 0 saturated carbocycles. The highest BCUT2D eigenvalue weighted by Gasteiger charge is 2.16. The van der Waals surface area contributed by atoms with Crippen molar-refractivity contribution in [1.82, 2.24) is 5.32 Å². The zero-order chi connectivity index (χ0) is 12.4. The van der Waals surface area contributed by atoms with Crippen LogP contribution < -0.4 is 5.32 Å². The number of hydrogen-bond donors (Lipinski definition) is 3. The van der Waals surface area contributed by atoms with Gasteiger partial charge in [0.25, 0.3) is 0 Å². The van der Waals surface area contributed by atoms with Crippen LogP contribution in [0.4, 0.5) is 0 Å². The second-order valence-corrected chi connectivity index (χ2v) is 4.44. The van der Waals surface area contributed by atoms with Gasteiger partial charge in [0, 0.05) is 5.75 Å². The van der Waals surface area contributed by atoms with Gasteiger partial charge in [-0.3, -0.25) is 4.79 Å². The molecule has 0 saturated heterocycles. The zero-order valence-electron chi connectivity index (χ0n) is 9.81. The van der Waals surface area contributed by atoms with Crippen molar-refractivity contribution in [1.29, 1.82) is 0 Å². The topological polar surface area (TPSA) is 78.8 Å². The maximum atomic E-state index is 11.4. The van der Waals surface area contributed by atoms with E-state index in [2.05, 4.69) is 5.32 Å². The molecular formula is C10H21NO4S. The molecule has 0 bridgehead atoms. The molecule has 96 valence electrons. The molecule has 3 N–H and O–H groups in total. The average Bonchev–Trinajstić information content (AvgIpc) is 2.29. The highest BCUT2D eigenvalue weighted by molar-refractivity contribution is 7.99. The number of rotatable bonds is 9. The molecule has 0 spiro atoms. The molecule has 0 radical (unpaired) electrons. The van der Waals surface area contributed by atoms with E-state index in [0.717, 1.165) is 5.75 Å². The summed E-state index contributed by atoms with van der Waals surface area (Å²) in [5, 5.41) is 20.6. The van der Waals surface area contributed by atoms with Gasteiger partial charge in [0.1, 0.15) is 6.04 Å². The number of carbonyl (C=O) groups excluding carboxylic acids is 1. The Bertz CT molecular complexity index is 192. The molecule has 0 aliphatic carbocycles. The Balaban J connectivity index is 3.66. The summed E-state index contributed by atoms with van der Waals surface area (Å²) in [5.74, 6) is 0.977. The smallest absolute Gasteiger partial charge is 0.323 e. The first-order valence-electron chi connectivity index (χ1n) is 5.36. The number of aliphatic hydroxyl groups excluding tert-OH is 2. The summed E-state index contributed by atoms with van der Waals surface area (Å²) in [6.07, 6.45) is -0.0290. The lowest BCUT2D eigenvalue weighted by Crippen LogP contribution is -2.36. The van der Waals surface area contributed by atoms with Gasteiger partial charge in [0.2, 0.25) is 0 Å². The van der Waals surface area contributed by atoms with Crippen LogP contribution in [-0.2, 0) is 9.53 Å². The maximum absolute atomic E-state index is 11.4. The van der Waals surface area contributed by atoms with Crippen molar-refractivity contribution in [3.05, 3.63) is 0 Å². The van der Waals surface area contributed by atoms with Crippen LogP contribution in [0, 0.1) is 0 Å². The van der Waals surface area contributed by atoms with Gasteiger partial charge in [-0.1, -0.05) is 0 Å². The Hall–Kier alpha value is -0.300. The van der Waals surface area contributed by atoms with E-state index in [9.17, 15) is 4.79 Å². The van der Waals surface area contributed by atoms with E-state index in [1.807, 2.05) is 0 Å². The van der Waals surface area contributed by atoms with Crippen molar-refractivity contribution < 1.29 is 19.7 Å². The van der Waals surface area contributed by atoms with Crippen LogP contribution in [0.3, 0.4) is 0 Å². The number of likely N-dealkylation sites (N-methyl/N-ethyl adjacent to an activating group) is 1. The Kier molecular flexibility index (Phi) is 9.71. The fourth-order valence-electron chi connectivity index (χ4n) is 1.10. The summed E-state index contributed by atoms with van der Waals surface area (Å²) < 4.78 is 4.89. The van der Waals surface area contributed by atoms with Crippen LogP contribution in [-0.4, -0.2) is 60.1 Å². The van der Waals surface area contributed by atoms with Crippen molar-refractivity contribution in [2.45, 2.75) is 25.5 Å². The summed E-state index contributed by atoms with van der Waals surface area (Å²) in [6.45, 7) is 1.94. The summed E-state index contributed by atoms with van der Waals surface area (Å²) >= 11 is 1.51. The van der Waals surface area contributed by atoms with Gasteiger partial charge < -0.3 is 20.3 Å². The van der Waals surface area contributed by atoms with E-state index in [1.165, 1.54) is 11.8 Å². The molecule has 16 heavy (non-hydrogen) atoms. The molecule has 6 heteroatoms. The predicted octanol–water partition coefficient (Wildman–Crippen LogP) is -0.386. The first-order chi connectivity index (χ1) is 7.65. The Labute approximate surface area is 101 Å². The molecular weight excluding hydrogens is 230 g/mol. The SMILES string of the molecule is CCOC(=O)C(CCSCC(O)CO)NC. The highest BCUT2D eigenvalue weighted by atomic mass is 32.2. The Morgan fingerprint density at radius 3 is 2.75 bits per heavy atom. The van der Waals surface area contributed by atoms with Gasteiger partial charge in [-0.2, -0.15) is 11.8 Å². The number of ether oxygens (including phenoxy) is 1. The van der Waals surface area contributed by atoms with Gasteiger partial charge in [0.15, 0.2) is 0 Å². The van der Waals surface area contributed by atoms with Crippen LogP contribution >= 0.6 is 11.8 Å². The molecule has 0 aromatic rings. The van der Waals surface area contributed by atoms with Gasteiger partial charge in [-0.15, -0.1) is 0 Å². The molecule has 0 aliphatic rings. The fourth-order valence-corrected chi connectivity index (χ4v) is 2.04. The number of hydrogen-bond acceptors (Lipinski definition) is 6. The second kappa shape index (κ2) is 9.89. The van der Waals surface area contributed by atoms with E-state index in [-0.39, 0.29) is 18.6 Å². The van der Waals surface area contributed by atoms with E-state index in [4.69, 9.17) is 14.9 Å². The fraction of sp³-hybridized carbons (Fsp3) is 0.900. The van der Waals surface area contributed by atoms with E-state index in [1.54, 1.807) is 14.0 Å². The first-order valence-corrected chi connectivity index (χ1v) is 6.51. The van der Waals surface area contributed by atoms with Crippen LogP contribution in [0.2, 0.25) is 0 Å². The van der Waals surface area contributed by atoms with Gasteiger partial charge >= 0.3 is 5.97 Å². The highest BCUT2D eigenvalue weighted by Crippen LogP contribution is 2.07. The van der Waals surface area contributed by atoms with Crippen molar-refractivity contribution >= 4 is 17.7 Å². The number of aliphatic hydroxyl groups is 2. The van der Waals surface area contributed by atoms with Crippen LogP contribution in [0.25, 0.3) is 0 Å². The molecule has 0 fully saturated rings.